The molecule has 0 aromatic heterocycles. The van der Waals surface area contributed by atoms with Crippen molar-refractivity contribution in [1.29, 1.82) is 0 Å². The Morgan fingerprint density at radius 1 is 0.842 bits per heavy atom. The van der Waals surface area contributed by atoms with Crippen LogP contribution >= 0.6 is 0 Å². The lowest BCUT2D eigenvalue weighted by Gasteiger charge is -2.24. The second-order valence-corrected chi connectivity index (χ2v) is 4.65. The number of rotatable bonds is 4. The maximum Gasteiger partial charge on any atom is 0.221 e. The van der Waals surface area contributed by atoms with Gasteiger partial charge in [0.2, 0.25) is 11.8 Å². The van der Waals surface area contributed by atoms with E-state index in [1.165, 1.54) is 23.6 Å². The molecule has 1 saturated heterocycles. The fraction of sp³-hybridized carbons (Fsp3) is 0.692. The Morgan fingerprint density at radius 3 is 1.37 bits per heavy atom. The predicted octanol–water partition coefficient (Wildman–Crippen LogP) is 0.350. The number of carbonyl (C=O) groups is 4. The summed E-state index contributed by atoms with van der Waals surface area (Å²) in [4.78, 5) is 50.0. The van der Waals surface area contributed by atoms with Crippen molar-refractivity contribution in [2.75, 3.05) is 6.67 Å². The van der Waals surface area contributed by atoms with Crippen molar-refractivity contribution in [2.45, 2.75) is 52.6 Å². The molecule has 0 saturated carbocycles. The molecule has 6 heteroatoms. The van der Waals surface area contributed by atoms with Gasteiger partial charge in [-0.25, -0.2) is 0 Å². The molecule has 1 aliphatic heterocycles. The topological polar surface area (TPSA) is 74.8 Å². The second kappa shape index (κ2) is 5.95. The van der Waals surface area contributed by atoms with Crippen LogP contribution in [0.5, 0.6) is 0 Å². The molecule has 0 aromatic rings. The molecule has 0 radical (unpaired) electrons. The molecule has 2 amide bonds. The Labute approximate surface area is 112 Å². The van der Waals surface area contributed by atoms with Crippen molar-refractivity contribution < 1.29 is 19.2 Å². The number of nitrogens with zero attached hydrogens (tertiary/aromatic N) is 2. The van der Waals surface area contributed by atoms with Gasteiger partial charge in [-0.1, -0.05) is 13.8 Å². The van der Waals surface area contributed by atoms with Crippen LogP contribution in [0.1, 0.15) is 40.5 Å². The molecule has 0 bridgehead atoms. The molecular formula is C13H20N2O4. The van der Waals surface area contributed by atoms with Crippen LogP contribution in [0.2, 0.25) is 0 Å². The predicted molar refractivity (Wildman–Crippen MR) is 68.1 cm³/mol. The summed E-state index contributed by atoms with van der Waals surface area (Å²) in [6.45, 7) is 6.06. The van der Waals surface area contributed by atoms with Gasteiger partial charge in [0.05, 0.1) is 6.67 Å². The minimum absolute atomic E-state index is 0.0114. The summed E-state index contributed by atoms with van der Waals surface area (Å²) in [5, 5.41) is 0. The average molecular weight is 268 g/mol. The molecule has 6 nitrogen and oxygen atoms in total. The third-order valence-corrected chi connectivity index (χ3v) is 3.44. The molecule has 2 unspecified atom stereocenters. The largest absolute Gasteiger partial charge is 0.312 e. The van der Waals surface area contributed by atoms with Crippen molar-refractivity contribution >= 4 is 23.4 Å². The number of ketones is 2. The summed E-state index contributed by atoms with van der Waals surface area (Å²) in [7, 11) is 0. The number of hydrogen-bond donors (Lipinski definition) is 0. The van der Waals surface area contributed by atoms with Gasteiger partial charge >= 0.3 is 0 Å². The lowest BCUT2D eigenvalue weighted by atomic mass is 9.96. The lowest BCUT2D eigenvalue weighted by molar-refractivity contribution is -0.138. The number of amides is 2. The highest BCUT2D eigenvalue weighted by Gasteiger charge is 2.48. The van der Waals surface area contributed by atoms with E-state index in [1.54, 1.807) is 13.8 Å². The van der Waals surface area contributed by atoms with E-state index in [0.717, 1.165) is 0 Å². The van der Waals surface area contributed by atoms with Crippen molar-refractivity contribution in [3.8, 4) is 0 Å². The van der Waals surface area contributed by atoms with Crippen LogP contribution in [0.3, 0.4) is 0 Å². The first kappa shape index (κ1) is 15.3. The third-order valence-electron chi connectivity index (χ3n) is 3.44. The Hall–Kier alpha value is -1.72. The van der Waals surface area contributed by atoms with E-state index in [4.69, 9.17) is 0 Å². The summed E-state index contributed by atoms with van der Waals surface area (Å²) in [6.07, 6.45) is 0.460. The van der Waals surface area contributed by atoms with Gasteiger partial charge in [0.25, 0.3) is 0 Å². The summed E-state index contributed by atoms with van der Waals surface area (Å²) in [6, 6.07) is -1.67. The molecule has 2 atom stereocenters. The van der Waals surface area contributed by atoms with Gasteiger partial charge in [-0.3, -0.25) is 19.2 Å². The third kappa shape index (κ3) is 2.83. The zero-order chi connectivity index (χ0) is 14.7. The maximum atomic E-state index is 12.0. The molecule has 0 aliphatic carbocycles. The Morgan fingerprint density at radius 2 is 1.16 bits per heavy atom. The van der Waals surface area contributed by atoms with Crippen LogP contribution in [-0.2, 0) is 19.2 Å². The Kier molecular flexibility index (Phi) is 4.80. The molecule has 1 aliphatic rings. The van der Waals surface area contributed by atoms with Gasteiger partial charge in [0.15, 0.2) is 11.6 Å². The van der Waals surface area contributed by atoms with Crippen molar-refractivity contribution in [3.05, 3.63) is 0 Å². The van der Waals surface area contributed by atoms with Crippen molar-refractivity contribution in [3.63, 3.8) is 0 Å². The van der Waals surface area contributed by atoms with E-state index >= 15 is 0 Å². The second-order valence-electron chi connectivity index (χ2n) is 4.65. The van der Waals surface area contributed by atoms with Gasteiger partial charge in [0.1, 0.15) is 12.1 Å². The van der Waals surface area contributed by atoms with Gasteiger partial charge in [0, 0.05) is 26.7 Å². The van der Waals surface area contributed by atoms with Gasteiger partial charge in [-0.2, -0.15) is 0 Å². The van der Waals surface area contributed by atoms with E-state index in [0.29, 0.717) is 0 Å². The van der Waals surface area contributed by atoms with Crippen molar-refractivity contribution in [2.24, 2.45) is 0 Å². The standard InChI is InChI=1S/C13H20N2O4/c1-5-10(18)12-13(11(19)6-2)15(9(4)17)7-14(12)8(3)16/h12-13H,5-7H2,1-4H3. The number of carbonyl (C=O) groups excluding carboxylic acids is 4. The van der Waals surface area contributed by atoms with Gasteiger partial charge < -0.3 is 9.80 Å². The zero-order valence-corrected chi connectivity index (χ0v) is 11.8. The molecule has 0 spiro atoms. The van der Waals surface area contributed by atoms with Crippen LogP contribution < -0.4 is 0 Å². The van der Waals surface area contributed by atoms with E-state index in [9.17, 15) is 19.2 Å². The van der Waals surface area contributed by atoms with Crippen LogP contribution in [0.15, 0.2) is 0 Å². The lowest BCUT2D eigenvalue weighted by Crippen LogP contribution is -2.49. The van der Waals surface area contributed by atoms with Gasteiger partial charge in [-0.15, -0.1) is 0 Å². The maximum absolute atomic E-state index is 12.0. The fourth-order valence-corrected chi connectivity index (χ4v) is 2.39. The molecule has 0 aromatic carbocycles. The number of hydrogen-bond acceptors (Lipinski definition) is 4. The highest BCUT2D eigenvalue weighted by molar-refractivity contribution is 5.99. The SMILES string of the molecule is CCC(=O)C1C(C(=O)CC)N(C(C)=O)CN1C(C)=O. The van der Waals surface area contributed by atoms with E-state index in [1.807, 2.05) is 0 Å². The Balaban J connectivity index is 3.22. The highest BCUT2D eigenvalue weighted by Crippen LogP contribution is 2.24. The molecule has 0 N–H and O–H groups in total. The summed E-state index contributed by atoms with van der Waals surface area (Å²) in [5.41, 5.74) is 0. The van der Waals surface area contributed by atoms with Crippen molar-refractivity contribution in [1.82, 2.24) is 9.80 Å². The molecule has 1 rings (SSSR count). The normalized spacial score (nSPS) is 22.5. The molecule has 1 fully saturated rings. The zero-order valence-electron chi connectivity index (χ0n) is 11.8. The first-order valence-electron chi connectivity index (χ1n) is 6.44. The first-order valence-corrected chi connectivity index (χ1v) is 6.44. The molecule has 106 valence electrons. The summed E-state index contributed by atoms with van der Waals surface area (Å²) in [5.74, 6) is -0.981. The quantitative estimate of drug-likeness (QED) is 0.737. The van der Waals surface area contributed by atoms with Crippen LogP contribution in [-0.4, -0.2) is 51.9 Å². The van der Waals surface area contributed by atoms with E-state index in [-0.39, 0.29) is 42.9 Å². The summed E-state index contributed by atoms with van der Waals surface area (Å²) >= 11 is 0. The van der Waals surface area contributed by atoms with Gasteiger partial charge in [-0.05, 0) is 0 Å². The average Bonchev–Trinajstić information content (AvgIpc) is 2.77. The fourth-order valence-electron chi connectivity index (χ4n) is 2.39. The van der Waals surface area contributed by atoms with E-state index in [2.05, 4.69) is 0 Å². The summed E-state index contributed by atoms with van der Waals surface area (Å²) < 4.78 is 0. The highest BCUT2D eigenvalue weighted by atomic mass is 16.2. The minimum atomic E-state index is -0.834. The Bertz CT molecular complexity index is 381. The number of Topliss-reactive ketones (excluding diaryl/α,β-unsaturated/α-hetero) is 2. The van der Waals surface area contributed by atoms with Crippen LogP contribution in [0.25, 0.3) is 0 Å². The smallest absolute Gasteiger partial charge is 0.221 e. The van der Waals surface area contributed by atoms with Crippen LogP contribution in [0.4, 0.5) is 0 Å². The molecule has 19 heavy (non-hydrogen) atoms. The first-order chi connectivity index (χ1) is 8.84. The van der Waals surface area contributed by atoms with E-state index < -0.39 is 12.1 Å². The monoisotopic (exact) mass is 268 g/mol. The van der Waals surface area contributed by atoms with Crippen LogP contribution in [0, 0.1) is 0 Å². The molecule has 1 heterocycles. The molecular weight excluding hydrogens is 248 g/mol. The minimum Gasteiger partial charge on any atom is -0.312 e.